The van der Waals surface area contributed by atoms with Crippen LogP contribution < -0.4 is 10.2 Å². The van der Waals surface area contributed by atoms with E-state index in [1.54, 1.807) is 16.9 Å². The van der Waals surface area contributed by atoms with Crippen LogP contribution in [0.2, 0.25) is 0 Å². The second-order valence-corrected chi connectivity index (χ2v) is 13.0. The molecule has 0 aromatic carbocycles. The molecule has 5 fully saturated rings. The molecule has 2 aliphatic heterocycles. The Kier molecular flexibility index (Phi) is 5.76. The van der Waals surface area contributed by atoms with Gasteiger partial charge in [0.2, 0.25) is 0 Å². The fraction of sp³-hybridized carbons (Fsp3) is 0.643. The van der Waals surface area contributed by atoms with Crippen LogP contribution in [0.25, 0.3) is 22.3 Å². The number of nitrogens with zero attached hydrogens (tertiary/aromatic N) is 6. The lowest BCUT2D eigenvalue weighted by Gasteiger charge is -2.51. The Balaban J connectivity index is 1.09. The maximum absolute atomic E-state index is 15.3. The van der Waals surface area contributed by atoms with E-state index < -0.39 is 35.2 Å². The molecule has 5 heterocycles. The molecular weight excluding hydrogens is 564 g/mol. The van der Waals surface area contributed by atoms with E-state index in [0.29, 0.717) is 72.5 Å². The smallest absolute Gasteiger partial charge is 0.324 e. The van der Waals surface area contributed by atoms with Gasteiger partial charge in [0.1, 0.15) is 11.4 Å². The Morgan fingerprint density at radius 1 is 1.12 bits per heavy atom. The molecule has 2 saturated heterocycles. The first kappa shape index (κ1) is 27.2. The monoisotopic (exact) mass is 596 g/mol. The molecule has 15 heteroatoms. The van der Waals surface area contributed by atoms with Crippen molar-refractivity contribution in [3.05, 3.63) is 18.5 Å². The van der Waals surface area contributed by atoms with Gasteiger partial charge in [-0.25, -0.2) is 18.0 Å². The number of piperidine rings is 1. The summed E-state index contributed by atoms with van der Waals surface area (Å²) in [6.45, 7) is 1.51. The molecule has 2 radical (unpaired) electrons. The zero-order chi connectivity index (χ0) is 29.8. The number of aromatic nitrogens is 5. The molecule has 226 valence electrons. The van der Waals surface area contributed by atoms with Crippen LogP contribution in [-0.4, -0.2) is 96.9 Å². The topological polar surface area (TPSA) is 124 Å². The molecule has 2 amide bonds. The highest BCUT2D eigenvalue weighted by molar-refractivity contribution is 6.17. The largest absolute Gasteiger partial charge is 0.374 e. The van der Waals surface area contributed by atoms with Crippen molar-refractivity contribution < 1.29 is 27.8 Å². The molecule has 1 unspecified atom stereocenters. The summed E-state index contributed by atoms with van der Waals surface area (Å²) in [7, 11) is 5.70. The summed E-state index contributed by atoms with van der Waals surface area (Å²) in [4.78, 5) is 20.8. The first-order valence-electron chi connectivity index (χ1n) is 15.0. The van der Waals surface area contributed by atoms with Gasteiger partial charge in [0.15, 0.2) is 19.3 Å². The molecule has 3 saturated carbocycles. The Hall–Kier alpha value is -3.33. The molecule has 5 aliphatic rings. The van der Waals surface area contributed by atoms with Gasteiger partial charge in [0.25, 0.3) is 5.92 Å². The van der Waals surface area contributed by atoms with Crippen molar-refractivity contribution in [2.45, 2.75) is 99.3 Å². The van der Waals surface area contributed by atoms with Crippen molar-refractivity contribution in [3.8, 4) is 11.4 Å². The van der Waals surface area contributed by atoms with Gasteiger partial charge in [0, 0.05) is 31.2 Å². The number of H-pyrrole nitrogens is 1. The average Bonchev–Trinajstić information content (AvgIpc) is 3.82. The van der Waals surface area contributed by atoms with Gasteiger partial charge >= 0.3 is 6.03 Å². The predicted octanol–water partition coefficient (Wildman–Crippen LogP) is 3.69. The number of likely N-dealkylation sites (tertiary alicyclic amines) is 1. The first-order chi connectivity index (χ1) is 20.5. The molecule has 0 bridgehead atoms. The number of alkyl halides is 3. The van der Waals surface area contributed by atoms with Crippen molar-refractivity contribution in [2.75, 3.05) is 23.3 Å². The number of pyridine rings is 1. The van der Waals surface area contributed by atoms with E-state index in [1.165, 1.54) is 6.20 Å². The summed E-state index contributed by atoms with van der Waals surface area (Å²) in [5.41, 5.74) is -3.82. The Labute approximate surface area is 246 Å². The normalized spacial score (nSPS) is 27.3. The summed E-state index contributed by atoms with van der Waals surface area (Å²) < 4.78 is 52.2. The van der Waals surface area contributed by atoms with Crippen LogP contribution in [0.5, 0.6) is 0 Å². The summed E-state index contributed by atoms with van der Waals surface area (Å²) in [5.74, 6) is -2.96. The Bertz CT molecular complexity index is 1590. The maximum atomic E-state index is 15.3. The number of carbonyl (C=O) groups excluding carboxylic acids is 1. The number of ether oxygens (including phenoxy) is 1. The second-order valence-electron chi connectivity index (χ2n) is 13.0. The number of aliphatic hydroxyl groups is 1. The number of rotatable bonds is 7. The number of anilines is 2. The first-order valence-corrected chi connectivity index (χ1v) is 15.0. The van der Waals surface area contributed by atoms with Crippen molar-refractivity contribution >= 4 is 36.3 Å². The molecule has 3 N–H and O–H groups in total. The molecule has 3 aromatic rings. The lowest BCUT2D eigenvalue weighted by molar-refractivity contribution is -0.229. The van der Waals surface area contributed by atoms with Crippen LogP contribution in [0.1, 0.15) is 57.8 Å². The quantitative estimate of drug-likeness (QED) is 0.356. The SMILES string of the molecule is [B]C1(O)N(C(=O)Nc2cn[nH]c2-c2cc3c(cn2)c(N2CC(OC4CC4)C2)nn3CC2(F)CCC2)C2(CC2)CCC1(F)F. The number of nitrogens with one attached hydrogen (secondary N) is 2. The van der Waals surface area contributed by atoms with Gasteiger partial charge in [-0.05, 0) is 57.4 Å². The van der Waals surface area contributed by atoms with Crippen LogP contribution in [0.4, 0.5) is 29.5 Å². The summed E-state index contributed by atoms with van der Waals surface area (Å²) in [6.07, 6.45) is 7.89. The number of halogens is 3. The molecule has 3 aromatic heterocycles. The van der Waals surface area contributed by atoms with Crippen molar-refractivity contribution in [1.82, 2.24) is 29.9 Å². The van der Waals surface area contributed by atoms with Gasteiger partial charge in [-0.15, -0.1) is 0 Å². The number of fused-ring (bicyclic) bond motifs is 1. The van der Waals surface area contributed by atoms with Crippen LogP contribution >= 0.6 is 0 Å². The minimum atomic E-state index is -3.67. The van der Waals surface area contributed by atoms with E-state index in [2.05, 4.69) is 25.4 Å². The molecule has 8 rings (SSSR count). The fourth-order valence-electron chi connectivity index (χ4n) is 6.65. The Morgan fingerprint density at radius 3 is 2.53 bits per heavy atom. The van der Waals surface area contributed by atoms with Gasteiger partial charge in [0.05, 0.1) is 47.2 Å². The Morgan fingerprint density at radius 2 is 1.86 bits per heavy atom. The van der Waals surface area contributed by atoms with Gasteiger partial charge < -0.3 is 20.1 Å². The van der Waals surface area contributed by atoms with E-state index in [0.717, 1.165) is 24.6 Å². The third-order valence-corrected chi connectivity index (χ3v) is 9.78. The van der Waals surface area contributed by atoms with Crippen molar-refractivity contribution in [2.24, 2.45) is 0 Å². The van der Waals surface area contributed by atoms with Crippen molar-refractivity contribution in [3.63, 3.8) is 0 Å². The van der Waals surface area contributed by atoms with E-state index in [1.807, 2.05) is 0 Å². The summed E-state index contributed by atoms with van der Waals surface area (Å²) in [5, 5.41) is 25.7. The number of aromatic amines is 1. The molecule has 43 heavy (non-hydrogen) atoms. The predicted molar refractivity (Wildman–Crippen MR) is 151 cm³/mol. The number of amides is 2. The summed E-state index contributed by atoms with van der Waals surface area (Å²) in [6, 6.07) is 0.800. The highest BCUT2D eigenvalue weighted by Crippen LogP contribution is 2.56. The van der Waals surface area contributed by atoms with Crippen LogP contribution in [0.3, 0.4) is 0 Å². The van der Waals surface area contributed by atoms with E-state index >= 15 is 4.39 Å². The zero-order valence-electron chi connectivity index (χ0n) is 23.5. The number of hydrogen-bond acceptors (Lipinski definition) is 7. The molecule has 1 atom stereocenters. The van der Waals surface area contributed by atoms with E-state index in [9.17, 15) is 18.7 Å². The van der Waals surface area contributed by atoms with E-state index in [-0.39, 0.29) is 24.8 Å². The van der Waals surface area contributed by atoms with Gasteiger partial charge in [-0.3, -0.25) is 19.7 Å². The molecule has 1 spiro atoms. The average molecular weight is 596 g/mol. The van der Waals surface area contributed by atoms with Crippen molar-refractivity contribution in [1.29, 1.82) is 0 Å². The van der Waals surface area contributed by atoms with Crippen LogP contribution in [-0.2, 0) is 11.3 Å². The van der Waals surface area contributed by atoms with Gasteiger partial charge in [-0.2, -0.15) is 10.2 Å². The zero-order valence-corrected chi connectivity index (χ0v) is 23.5. The summed E-state index contributed by atoms with van der Waals surface area (Å²) >= 11 is 0. The fourth-order valence-corrected chi connectivity index (χ4v) is 6.65. The highest BCUT2D eigenvalue weighted by Gasteiger charge is 2.67. The van der Waals surface area contributed by atoms with Crippen LogP contribution in [0.15, 0.2) is 18.5 Å². The number of carbonyl (C=O) groups is 1. The molecular formula is C28H32BF3N8O3. The highest BCUT2D eigenvalue weighted by atomic mass is 19.3. The molecule has 11 nitrogen and oxygen atoms in total. The lowest BCUT2D eigenvalue weighted by Crippen LogP contribution is -2.70. The standard InChI is InChI=1S/C28H32BF3N8O3/c29-28(42)27(31,32)9-8-26(6-7-26)40(28)24(41)35-20-12-34-36-22(20)19-10-21-18(11-33-19)23(37-39(21)15-25(30)4-1-5-25)38-13-17(14-38)43-16-2-3-16/h10-12,16-17,42H,1-9,13-15H2,(H,34,36)(H,35,41). The minimum Gasteiger partial charge on any atom is -0.374 e. The minimum absolute atomic E-state index is 0.0379. The van der Waals surface area contributed by atoms with Crippen LogP contribution in [0, 0.1) is 0 Å². The lowest BCUT2D eigenvalue weighted by atomic mass is 9.75. The third-order valence-electron chi connectivity index (χ3n) is 9.78. The number of urea groups is 1. The van der Waals surface area contributed by atoms with E-state index in [4.69, 9.17) is 17.7 Å². The van der Waals surface area contributed by atoms with Gasteiger partial charge in [-0.1, -0.05) is 0 Å². The third kappa shape index (κ3) is 4.40. The second kappa shape index (κ2) is 9.10. The molecule has 3 aliphatic carbocycles. The maximum Gasteiger partial charge on any atom is 0.324 e. The number of hydrogen-bond donors (Lipinski definition) is 3.